The second-order valence-corrected chi connectivity index (χ2v) is 7.42. The number of benzene rings is 1. The fourth-order valence-electron chi connectivity index (χ4n) is 4.04. The van der Waals surface area contributed by atoms with Gasteiger partial charge in [-0.15, -0.1) is 12.4 Å². The molecule has 0 bridgehead atoms. The number of hydrogen-bond donors (Lipinski definition) is 1. The first kappa shape index (κ1) is 21.6. The fourth-order valence-corrected chi connectivity index (χ4v) is 4.04. The Morgan fingerprint density at radius 3 is 2.37 bits per heavy atom. The first-order valence-electron chi connectivity index (χ1n) is 9.56. The van der Waals surface area contributed by atoms with E-state index in [-0.39, 0.29) is 36.0 Å². The standard InChI is InChI=1S/C20H28FN3O2.ClH/c1-22-13-15-8-11-23(12-9-15)20(26)17-3-2-10-24(14-17)19(25)16-4-6-18(21)7-5-16;/h4-7,15,17,22H,2-3,8-14H2,1H3;1H. The average molecular weight is 398 g/mol. The third-order valence-corrected chi connectivity index (χ3v) is 5.57. The van der Waals surface area contributed by atoms with Crippen LogP contribution in [0.1, 0.15) is 36.0 Å². The van der Waals surface area contributed by atoms with Gasteiger partial charge in [-0.1, -0.05) is 0 Å². The Labute approximate surface area is 166 Å². The van der Waals surface area contributed by atoms with E-state index in [1.807, 2.05) is 11.9 Å². The second-order valence-electron chi connectivity index (χ2n) is 7.42. The molecule has 1 aromatic carbocycles. The van der Waals surface area contributed by atoms with E-state index in [9.17, 15) is 14.0 Å². The largest absolute Gasteiger partial charge is 0.342 e. The first-order chi connectivity index (χ1) is 12.6. The van der Waals surface area contributed by atoms with Crippen molar-refractivity contribution in [3.63, 3.8) is 0 Å². The highest BCUT2D eigenvalue weighted by atomic mass is 35.5. The van der Waals surface area contributed by atoms with Gasteiger partial charge in [0.2, 0.25) is 5.91 Å². The number of likely N-dealkylation sites (tertiary alicyclic amines) is 2. The highest BCUT2D eigenvalue weighted by molar-refractivity contribution is 5.94. The Balaban J connectivity index is 0.00000261. The molecule has 150 valence electrons. The molecule has 27 heavy (non-hydrogen) atoms. The van der Waals surface area contributed by atoms with Crippen molar-refractivity contribution in [3.05, 3.63) is 35.6 Å². The maximum Gasteiger partial charge on any atom is 0.253 e. The smallest absolute Gasteiger partial charge is 0.253 e. The molecule has 0 spiro atoms. The van der Waals surface area contributed by atoms with Gasteiger partial charge >= 0.3 is 0 Å². The van der Waals surface area contributed by atoms with Crippen molar-refractivity contribution in [2.75, 3.05) is 39.8 Å². The van der Waals surface area contributed by atoms with Gasteiger partial charge in [0.05, 0.1) is 5.92 Å². The third-order valence-electron chi connectivity index (χ3n) is 5.57. The van der Waals surface area contributed by atoms with Gasteiger partial charge in [-0.2, -0.15) is 0 Å². The van der Waals surface area contributed by atoms with E-state index in [2.05, 4.69) is 5.32 Å². The molecule has 2 saturated heterocycles. The molecule has 0 aromatic heterocycles. The van der Waals surface area contributed by atoms with Crippen LogP contribution in [-0.2, 0) is 4.79 Å². The summed E-state index contributed by atoms with van der Waals surface area (Å²) in [5, 5.41) is 3.21. The van der Waals surface area contributed by atoms with E-state index in [1.54, 1.807) is 4.90 Å². The third kappa shape index (κ3) is 5.42. The summed E-state index contributed by atoms with van der Waals surface area (Å²) in [5.74, 6) is 0.246. The predicted molar refractivity (Wildman–Crippen MR) is 106 cm³/mol. The molecule has 7 heteroatoms. The van der Waals surface area contributed by atoms with E-state index in [1.165, 1.54) is 24.3 Å². The molecule has 1 unspecified atom stereocenters. The Hall–Kier alpha value is -1.66. The number of piperidine rings is 2. The Morgan fingerprint density at radius 1 is 1.07 bits per heavy atom. The number of rotatable bonds is 4. The molecule has 2 heterocycles. The molecule has 2 aliphatic heterocycles. The quantitative estimate of drug-likeness (QED) is 0.849. The summed E-state index contributed by atoms with van der Waals surface area (Å²) in [4.78, 5) is 29.2. The number of carbonyl (C=O) groups is 2. The average Bonchev–Trinajstić information content (AvgIpc) is 2.68. The molecule has 2 aliphatic rings. The van der Waals surface area contributed by atoms with Gasteiger partial charge < -0.3 is 15.1 Å². The van der Waals surface area contributed by atoms with Crippen molar-refractivity contribution < 1.29 is 14.0 Å². The van der Waals surface area contributed by atoms with Crippen molar-refractivity contribution in [1.82, 2.24) is 15.1 Å². The molecule has 1 N–H and O–H groups in total. The van der Waals surface area contributed by atoms with Crippen molar-refractivity contribution in [2.45, 2.75) is 25.7 Å². The zero-order chi connectivity index (χ0) is 18.5. The van der Waals surface area contributed by atoms with Gasteiger partial charge in [0.25, 0.3) is 5.91 Å². The summed E-state index contributed by atoms with van der Waals surface area (Å²) in [5.41, 5.74) is 0.479. The van der Waals surface area contributed by atoms with Crippen LogP contribution in [-0.4, -0.2) is 61.4 Å². The van der Waals surface area contributed by atoms with Crippen LogP contribution in [0.2, 0.25) is 0 Å². The number of hydrogen-bond acceptors (Lipinski definition) is 3. The number of halogens is 2. The second kappa shape index (κ2) is 10.0. The molecular weight excluding hydrogens is 369 g/mol. The van der Waals surface area contributed by atoms with Crippen LogP contribution < -0.4 is 5.32 Å². The van der Waals surface area contributed by atoms with E-state index in [0.717, 1.165) is 45.3 Å². The van der Waals surface area contributed by atoms with Crippen LogP contribution >= 0.6 is 12.4 Å². The molecular formula is C20H29ClFN3O2. The van der Waals surface area contributed by atoms with Crippen LogP contribution in [0, 0.1) is 17.7 Å². The zero-order valence-electron chi connectivity index (χ0n) is 15.8. The van der Waals surface area contributed by atoms with Crippen LogP contribution in [0.3, 0.4) is 0 Å². The predicted octanol–water partition coefficient (Wildman–Crippen LogP) is 2.56. The van der Waals surface area contributed by atoms with Gasteiger partial charge in [-0.3, -0.25) is 9.59 Å². The lowest BCUT2D eigenvalue weighted by Gasteiger charge is -2.38. The number of nitrogens with zero attached hydrogens (tertiary/aromatic N) is 2. The molecule has 3 rings (SSSR count). The lowest BCUT2D eigenvalue weighted by molar-refractivity contribution is -0.138. The Morgan fingerprint density at radius 2 is 1.74 bits per heavy atom. The highest BCUT2D eigenvalue weighted by Gasteiger charge is 2.33. The summed E-state index contributed by atoms with van der Waals surface area (Å²) in [6, 6.07) is 5.62. The summed E-state index contributed by atoms with van der Waals surface area (Å²) < 4.78 is 13.1. The molecule has 5 nitrogen and oxygen atoms in total. The van der Waals surface area contributed by atoms with Crippen molar-refractivity contribution >= 4 is 24.2 Å². The SMILES string of the molecule is CNCC1CCN(C(=O)C2CCCN(C(=O)c3ccc(F)cc3)C2)CC1.Cl. The number of nitrogens with one attached hydrogen (secondary N) is 1. The van der Waals surface area contributed by atoms with Crippen LogP contribution in [0.15, 0.2) is 24.3 Å². The molecule has 0 saturated carbocycles. The van der Waals surface area contributed by atoms with E-state index < -0.39 is 0 Å². The van der Waals surface area contributed by atoms with Crippen LogP contribution in [0.4, 0.5) is 4.39 Å². The minimum absolute atomic E-state index is 0. The fraction of sp³-hybridized carbons (Fsp3) is 0.600. The number of carbonyl (C=O) groups excluding carboxylic acids is 2. The monoisotopic (exact) mass is 397 g/mol. The Kier molecular flexibility index (Phi) is 8.05. The van der Waals surface area contributed by atoms with Crippen molar-refractivity contribution in [3.8, 4) is 0 Å². The summed E-state index contributed by atoms with van der Waals surface area (Å²) in [6.07, 6.45) is 3.75. The molecule has 1 atom stereocenters. The van der Waals surface area contributed by atoms with Crippen molar-refractivity contribution in [1.29, 1.82) is 0 Å². The van der Waals surface area contributed by atoms with Gasteiger partial charge in [0, 0.05) is 31.7 Å². The van der Waals surface area contributed by atoms with Crippen molar-refractivity contribution in [2.24, 2.45) is 11.8 Å². The van der Waals surface area contributed by atoms with E-state index >= 15 is 0 Å². The molecule has 2 amide bonds. The zero-order valence-corrected chi connectivity index (χ0v) is 16.6. The Bertz CT molecular complexity index is 633. The lowest BCUT2D eigenvalue weighted by atomic mass is 9.92. The van der Waals surface area contributed by atoms with Gasteiger partial charge in [-0.05, 0) is 69.5 Å². The van der Waals surface area contributed by atoms with Gasteiger partial charge in [0.1, 0.15) is 5.82 Å². The van der Waals surface area contributed by atoms with E-state index in [4.69, 9.17) is 0 Å². The molecule has 1 aromatic rings. The van der Waals surface area contributed by atoms with Gasteiger partial charge in [-0.25, -0.2) is 4.39 Å². The summed E-state index contributed by atoms with van der Waals surface area (Å²) in [7, 11) is 1.96. The summed E-state index contributed by atoms with van der Waals surface area (Å²) >= 11 is 0. The van der Waals surface area contributed by atoms with Crippen LogP contribution in [0.5, 0.6) is 0 Å². The topological polar surface area (TPSA) is 52.7 Å². The highest BCUT2D eigenvalue weighted by Crippen LogP contribution is 2.24. The molecule has 2 fully saturated rings. The summed E-state index contributed by atoms with van der Waals surface area (Å²) in [6.45, 7) is 3.75. The maximum absolute atomic E-state index is 13.1. The maximum atomic E-state index is 13.1. The minimum atomic E-state index is -0.352. The lowest BCUT2D eigenvalue weighted by Crippen LogP contribution is -2.49. The number of amides is 2. The van der Waals surface area contributed by atoms with E-state index in [0.29, 0.717) is 24.6 Å². The molecule has 0 aliphatic carbocycles. The minimum Gasteiger partial charge on any atom is -0.342 e. The molecule has 0 radical (unpaired) electrons. The first-order valence-corrected chi connectivity index (χ1v) is 9.56. The van der Waals surface area contributed by atoms with Crippen LogP contribution in [0.25, 0.3) is 0 Å². The normalized spacial score (nSPS) is 20.9. The van der Waals surface area contributed by atoms with Gasteiger partial charge in [0.15, 0.2) is 0 Å².